The smallest absolute Gasteiger partial charge is 0.260 e. The Bertz CT molecular complexity index is 680. The van der Waals surface area contributed by atoms with Gasteiger partial charge >= 0.3 is 0 Å². The number of carbonyl (C=O) groups is 1. The minimum Gasteiger partial charge on any atom is -0.484 e. The fraction of sp³-hybridized carbons (Fsp3) is 0.476. The van der Waals surface area contributed by atoms with Crippen molar-refractivity contribution >= 4 is 5.91 Å². The summed E-state index contributed by atoms with van der Waals surface area (Å²) < 4.78 is 11.8. The molecule has 2 unspecified atom stereocenters. The molecule has 26 heavy (non-hydrogen) atoms. The molecule has 3 atom stereocenters. The quantitative estimate of drug-likeness (QED) is 0.850. The molecule has 1 N–H and O–H groups in total. The van der Waals surface area contributed by atoms with E-state index in [-0.39, 0.29) is 31.3 Å². The Morgan fingerprint density at radius 2 is 2.08 bits per heavy atom. The summed E-state index contributed by atoms with van der Waals surface area (Å²) in [6.07, 6.45) is 7.36. The molecule has 1 aliphatic heterocycles. The van der Waals surface area contributed by atoms with Gasteiger partial charge in [-0.2, -0.15) is 0 Å². The van der Waals surface area contributed by atoms with Crippen molar-refractivity contribution in [3.05, 3.63) is 53.6 Å². The van der Waals surface area contributed by atoms with Crippen molar-refractivity contribution in [1.29, 1.82) is 0 Å². The number of allylic oxidation sites excluding steroid dienone is 2. The van der Waals surface area contributed by atoms with Crippen molar-refractivity contribution in [2.24, 2.45) is 5.92 Å². The van der Waals surface area contributed by atoms with Gasteiger partial charge in [0.1, 0.15) is 5.75 Å². The minimum absolute atomic E-state index is 0.00155. The van der Waals surface area contributed by atoms with E-state index >= 15 is 0 Å². The third kappa shape index (κ3) is 4.54. The van der Waals surface area contributed by atoms with E-state index in [2.05, 4.69) is 32.1 Å². The van der Waals surface area contributed by atoms with Gasteiger partial charge in [-0.25, -0.2) is 0 Å². The highest BCUT2D eigenvalue weighted by Crippen LogP contribution is 2.26. The van der Waals surface area contributed by atoms with Crippen LogP contribution >= 0.6 is 0 Å². The van der Waals surface area contributed by atoms with Gasteiger partial charge in [-0.15, -0.1) is 0 Å². The highest BCUT2D eigenvalue weighted by Gasteiger charge is 2.31. The zero-order valence-corrected chi connectivity index (χ0v) is 15.4. The third-order valence-electron chi connectivity index (χ3n) is 5.01. The topological polar surface area (TPSA) is 59.0 Å². The predicted molar refractivity (Wildman–Crippen MR) is 99.8 cm³/mol. The second kappa shape index (κ2) is 8.52. The fourth-order valence-corrected chi connectivity index (χ4v) is 3.42. The lowest BCUT2D eigenvalue weighted by Crippen LogP contribution is -2.35. The van der Waals surface area contributed by atoms with Crippen molar-refractivity contribution in [3.63, 3.8) is 0 Å². The molecule has 0 aromatic heterocycles. The van der Waals surface area contributed by atoms with Crippen LogP contribution in [0.2, 0.25) is 0 Å². The summed E-state index contributed by atoms with van der Waals surface area (Å²) in [7, 11) is 0. The second-order valence-electron chi connectivity index (χ2n) is 7.05. The number of benzene rings is 1. The minimum atomic E-state index is -0.0220. The zero-order valence-electron chi connectivity index (χ0n) is 15.4. The van der Waals surface area contributed by atoms with Crippen molar-refractivity contribution in [3.8, 4) is 5.75 Å². The first-order valence-electron chi connectivity index (χ1n) is 9.17. The van der Waals surface area contributed by atoms with E-state index in [4.69, 9.17) is 14.6 Å². The van der Waals surface area contributed by atoms with Crippen LogP contribution in [0.3, 0.4) is 0 Å². The van der Waals surface area contributed by atoms with Crippen LogP contribution in [0, 0.1) is 5.92 Å². The monoisotopic (exact) mass is 357 g/mol. The number of aliphatic hydroxyl groups is 1. The van der Waals surface area contributed by atoms with Gasteiger partial charge in [-0.1, -0.05) is 37.3 Å². The molecular formula is C21H27NO4. The van der Waals surface area contributed by atoms with E-state index in [1.807, 2.05) is 4.90 Å². The van der Waals surface area contributed by atoms with Crippen LogP contribution in [0.25, 0.3) is 0 Å². The molecule has 1 aliphatic carbocycles. The number of carbonyl (C=O) groups excluding carboxylic acids is 1. The summed E-state index contributed by atoms with van der Waals surface area (Å²) >= 11 is 0. The summed E-state index contributed by atoms with van der Waals surface area (Å²) in [5.41, 5.74) is 2.05. The first-order chi connectivity index (χ1) is 12.6. The maximum Gasteiger partial charge on any atom is 0.260 e. The van der Waals surface area contributed by atoms with Crippen LogP contribution in [0.4, 0.5) is 0 Å². The van der Waals surface area contributed by atoms with E-state index in [9.17, 15) is 4.79 Å². The summed E-state index contributed by atoms with van der Waals surface area (Å²) in [5, 5.41) is 9.04. The van der Waals surface area contributed by atoms with E-state index in [0.29, 0.717) is 24.8 Å². The predicted octanol–water partition coefficient (Wildman–Crippen LogP) is 2.70. The van der Waals surface area contributed by atoms with E-state index < -0.39 is 0 Å². The molecule has 0 bridgehead atoms. The largest absolute Gasteiger partial charge is 0.484 e. The molecule has 1 aromatic rings. The maximum absolute atomic E-state index is 12.4. The van der Waals surface area contributed by atoms with Gasteiger partial charge in [0.05, 0.1) is 18.8 Å². The molecule has 1 amide bonds. The summed E-state index contributed by atoms with van der Waals surface area (Å²) in [4.78, 5) is 14.2. The number of ether oxygens (including phenoxy) is 2. The van der Waals surface area contributed by atoms with E-state index in [0.717, 1.165) is 12.0 Å². The molecule has 1 saturated heterocycles. The van der Waals surface area contributed by atoms with Crippen LogP contribution in [0.5, 0.6) is 5.75 Å². The molecule has 3 rings (SSSR count). The molecule has 5 heteroatoms. The Balaban J connectivity index is 1.46. The molecule has 1 fully saturated rings. The Morgan fingerprint density at radius 1 is 1.31 bits per heavy atom. The lowest BCUT2D eigenvalue weighted by Gasteiger charge is -2.28. The second-order valence-corrected chi connectivity index (χ2v) is 7.05. The van der Waals surface area contributed by atoms with Crippen molar-refractivity contribution < 1.29 is 19.4 Å². The molecule has 2 aliphatic rings. The number of likely N-dealkylation sites (tertiary alicyclic amines) is 1. The summed E-state index contributed by atoms with van der Waals surface area (Å²) in [5.74, 6) is 0.965. The molecule has 1 heterocycles. The number of aliphatic hydroxyl groups excluding tert-OH is 1. The summed E-state index contributed by atoms with van der Waals surface area (Å²) in [6, 6.07) is 7.11. The fourth-order valence-electron chi connectivity index (χ4n) is 3.42. The van der Waals surface area contributed by atoms with Crippen LogP contribution in [-0.4, -0.2) is 47.8 Å². The van der Waals surface area contributed by atoms with Gasteiger partial charge in [0.2, 0.25) is 0 Å². The van der Waals surface area contributed by atoms with Crippen molar-refractivity contribution in [2.75, 3.05) is 19.7 Å². The van der Waals surface area contributed by atoms with Gasteiger partial charge in [0.25, 0.3) is 5.91 Å². The standard InChI is InChI=1S/C21H27NO4/c1-15-4-3-5-16(2)21(15)26-19-10-11-22(12-19)20(24)14-25-18-8-6-17(13-23)7-9-18/h3-9,15,19,21,23H,10-14H2,1-2H3/t15?,19-,21?/m0/s1. The number of hydrogen-bond acceptors (Lipinski definition) is 4. The highest BCUT2D eigenvalue weighted by atomic mass is 16.5. The van der Waals surface area contributed by atoms with E-state index in [1.54, 1.807) is 24.3 Å². The zero-order chi connectivity index (χ0) is 18.5. The Hall–Kier alpha value is -2.11. The van der Waals surface area contributed by atoms with Gasteiger partial charge in [0.15, 0.2) is 6.61 Å². The Kier molecular flexibility index (Phi) is 6.12. The van der Waals surface area contributed by atoms with Crippen molar-refractivity contribution in [2.45, 2.75) is 39.1 Å². The van der Waals surface area contributed by atoms with Gasteiger partial charge < -0.3 is 19.5 Å². The van der Waals surface area contributed by atoms with E-state index in [1.165, 1.54) is 5.57 Å². The van der Waals surface area contributed by atoms with Crippen molar-refractivity contribution in [1.82, 2.24) is 4.90 Å². The maximum atomic E-state index is 12.4. The lowest BCUT2D eigenvalue weighted by molar-refractivity contribution is -0.133. The Labute approximate surface area is 154 Å². The Morgan fingerprint density at radius 3 is 2.77 bits per heavy atom. The summed E-state index contributed by atoms with van der Waals surface area (Å²) in [6.45, 7) is 5.59. The number of rotatable bonds is 6. The number of hydrogen-bond donors (Lipinski definition) is 1. The van der Waals surface area contributed by atoms with Crippen LogP contribution < -0.4 is 4.74 Å². The molecule has 1 aromatic carbocycles. The van der Waals surface area contributed by atoms with Crippen LogP contribution in [0.15, 0.2) is 48.1 Å². The molecule has 0 spiro atoms. The third-order valence-corrected chi connectivity index (χ3v) is 5.01. The van der Waals surface area contributed by atoms with Gasteiger partial charge in [-0.05, 0) is 36.6 Å². The molecule has 5 nitrogen and oxygen atoms in total. The number of nitrogens with zero attached hydrogens (tertiary/aromatic N) is 1. The van der Waals surface area contributed by atoms with Crippen LogP contribution in [0.1, 0.15) is 25.8 Å². The first-order valence-corrected chi connectivity index (χ1v) is 9.17. The number of amides is 1. The first kappa shape index (κ1) is 18.7. The normalized spacial score (nSPS) is 25.3. The molecule has 140 valence electrons. The van der Waals surface area contributed by atoms with Gasteiger partial charge in [0, 0.05) is 19.0 Å². The van der Waals surface area contributed by atoms with Gasteiger partial charge in [-0.3, -0.25) is 4.79 Å². The highest BCUT2D eigenvalue weighted by molar-refractivity contribution is 5.78. The van der Waals surface area contributed by atoms with Crippen LogP contribution in [-0.2, 0) is 16.1 Å². The lowest BCUT2D eigenvalue weighted by atomic mass is 9.93. The average molecular weight is 357 g/mol. The molecular weight excluding hydrogens is 330 g/mol. The SMILES string of the molecule is CC1=CC=CC(C)C1O[C@H]1CCN(C(=O)COc2ccc(CO)cc2)C1. The average Bonchev–Trinajstić information content (AvgIpc) is 3.12. The molecule has 0 saturated carbocycles. The molecule has 0 radical (unpaired) electrons.